The summed E-state index contributed by atoms with van der Waals surface area (Å²) < 4.78 is 0. The molecule has 0 aliphatic rings. The van der Waals surface area contributed by atoms with E-state index >= 15 is 0 Å². The number of carboxylic acid groups (broad SMARTS) is 2. The highest BCUT2D eigenvalue weighted by Gasteiger charge is 2.09. The van der Waals surface area contributed by atoms with Crippen LogP contribution in [0.5, 0.6) is 0 Å². The molecule has 5 heteroatoms. The summed E-state index contributed by atoms with van der Waals surface area (Å²) in [5.74, 6) is -1.68. The summed E-state index contributed by atoms with van der Waals surface area (Å²) in [5.41, 5.74) is 2.06. The minimum absolute atomic E-state index is 0.0426. The number of carbonyl (C=O) groups is 2. The molecule has 1 aromatic rings. The van der Waals surface area contributed by atoms with E-state index in [1.54, 1.807) is 0 Å². The van der Waals surface area contributed by atoms with E-state index in [4.69, 9.17) is 10.2 Å². The molecule has 5 nitrogen and oxygen atoms in total. The second kappa shape index (κ2) is 7.41. The molecule has 1 aromatic carbocycles. The van der Waals surface area contributed by atoms with Crippen LogP contribution in [0.25, 0.3) is 0 Å². The van der Waals surface area contributed by atoms with E-state index in [1.165, 1.54) is 0 Å². The van der Waals surface area contributed by atoms with Crippen LogP contribution in [0.2, 0.25) is 0 Å². The zero-order valence-electron chi connectivity index (χ0n) is 11.0. The second-order valence-electron chi connectivity index (χ2n) is 4.46. The number of nitrogens with zero attached hydrogens (tertiary/aromatic N) is 1. The molecule has 104 valence electrons. The SMILES string of the molecule is Cc1ccc(N(CCCC(=O)O)CCC(=O)O)cc1. The van der Waals surface area contributed by atoms with Crippen molar-refractivity contribution < 1.29 is 19.8 Å². The van der Waals surface area contributed by atoms with Crippen molar-refractivity contribution in [1.29, 1.82) is 0 Å². The molecule has 0 aromatic heterocycles. The Kier molecular flexibility index (Phi) is 5.85. The number of hydrogen-bond acceptors (Lipinski definition) is 3. The van der Waals surface area contributed by atoms with Gasteiger partial charge in [-0.25, -0.2) is 0 Å². The number of aliphatic carboxylic acids is 2. The Hall–Kier alpha value is -2.04. The van der Waals surface area contributed by atoms with Gasteiger partial charge in [-0.15, -0.1) is 0 Å². The molecule has 0 radical (unpaired) electrons. The summed E-state index contributed by atoms with van der Waals surface area (Å²) in [6.07, 6.45) is 0.638. The molecule has 0 heterocycles. The first-order valence-corrected chi connectivity index (χ1v) is 6.24. The summed E-state index contributed by atoms with van der Waals surface area (Å²) >= 11 is 0. The van der Waals surface area contributed by atoms with Crippen molar-refractivity contribution >= 4 is 17.6 Å². The van der Waals surface area contributed by atoms with Crippen LogP contribution in [0.3, 0.4) is 0 Å². The number of carboxylic acids is 2. The maximum atomic E-state index is 10.7. The van der Waals surface area contributed by atoms with Crippen LogP contribution in [0.15, 0.2) is 24.3 Å². The molecule has 0 amide bonds. The van der Waals surface area contributed by atoms with E-state index in [0.29, 0.717) is 19.5 Å². The monoisotopic (exact) mass is 265 g/mol. The fourth-order valence-corrected chi connectivity index (χ4v) is 1.78. The number of anilines is 1. The van der Waals surface area contributed by atoms with E-state index in [2.05, 4.69) is 0 Å². The zero-order valence-corrected chi connectivity index (χ0v) is 11.0. The van der Waals surface area contributed by atoms with Crippen molar-refractivity contribution in [3.05, 3.63) is 29.8 Å². The average Bonchev–Trinajstić information content (AvgIpc) is 2.34. The quantitative estimate of drug-likeness (QED) is 0.753. The van der Waals surface area contributed by atoms with Gasteiger partial charge in [0.1, 0.15) is 0 Å². The third kappa shape index (κ3) is 5.90. The maximum absolute atomic E-state index is 10.7. The lowest BCUT2D eigenvalue weighted by Crippen LogP contribution is -2.27. The highest BCUT2D eigenvalue weighted by Crippen LogP contribution is 2.16. The predicted octanol–water partition coefficient (Wildman–Crippen LogP) is 2.14. The lowest BCUT2D eigenvalue weighted by molar-refractivity contribution is -0.138. The van der Waals surface area contributed by atoms with Crippen LogP contribution < -0.4 is 4.90 Å². The standard InChI is InChI=1S/C14H19NO4/c1-11-4-6-12(7-5-11)15(10-8-14(18)19)9-2-3-13(16)17/h4-7H,2-3,8-10H2,1H3,(H,16,17)(H,18,19). The van der Waals surface area contributed by atoms with Gasteiger partial charge in [-0.2, -0.15) is 0 Å². The van der Waals surface area contributed by atoms with Crippen LogP contribution >= 0.6 is 0 Å². The highest BCUT2D eigenvalue weighted by molar-refractivity contribution is 5.68. The maximum Gasteiger partial charge on any atom is 0.305 e. The van der Waals surface area contributed by atoms with Crippen LogP contribution in [0, 0.1) is 6.92 Å². The molecule has 0 aliphatic carbocycles. The summed E-state index contributed by atoms with van der Waals surface area (Å²) in [5, 5.41) is 17.4. The Balaban J connectivity index is 2.64. The summed E-state index contributed by atoms with van der Waals surface area (Å²) in [6, 6.07) is 7.77. The first kappa shape index (κ1) is 15.0. The van der Waals surface area contributed by atoms with Gasteiger partial charge in [0.05, 0.1) is 6.42 Å². The largest absolute Gasteiger partial charge is 0.481 e. The number of benzene rings is 1. The Labute approximate surface area is 112 Å². The summed E-state index contributed by atoms with van der Waals surface area (Å²) in [6.45, 7) is 2.91. The molecule has 0 bridgehead atoms. The molecule has 0 unspecified atom stereocenters. The van der Waals surface area contributed by atoms with E-state index < -0.39 is 11.9 Å². The molecule has 0 spiro atoms. The second-order valence-corrected chi connectivity index (χ2v) is 4.46. The molecular formula is C14H19NO4. The molecule has 0 aliphatic heterocycles. The minimum atomic E-state index is -0.852. The van der Waals surface area contributed by atoms with Gasteiger partial charge in [0.15, 0.2) is 0 Å². The first-order chi connectivity index (χ1) is 8.99. The predicted molar refractivity (Wildman–Crippen MR) is 72.5 cm³/mol. The fourth-order valence-electron chi connectivity index (χ4n) is 1.78. The third-order valence-corrected chi connectivity index (χ3v) is 2.81. The van der Waals surface area contributed by atoms with Gasteiger partial charge in [-0.1, -0.05) is 17.7 Å². The van der Waals surface area contributed by atoms with Crippen LogP contribution in [0.1, 0.15) is 24.8 Å². The van der Waals surface area contributed by atoms with Crippen molar-refractivity contribution in [3.8, 4) is 0 Å². The summed E-state index contributed by atoms with van der Waals surface area (Å²) in [7, 11) is 0. The van der Waals surface area contributed by atoms with E-state index in [-0.39, 0.29) is 12.8 Å². The molecule has 2 N–H and O–H groups in total. The van der Waals surface area contributed by atoms with Crippen LogP contribution in [-0.4, -0.2) is 35.2 Å². The molecule has 0 saturated heterocycles. The van der Waals surface area contributed by atoms with E-state index in [1.807, 2.05) is 36.1 Å². The van der Waals surface area contributed by atoms with Crippen molar-refractivity contribution in [1.82, 2.24) is 0 Å². The molecule has 19 heavy (non-hydrogen) atoms. The Bertz CT molecular complexity index is 428. The van der Waals surface area contributed by atoms with Gasteiger partial charge in [-0.05, 0) is 25.5 Å². The van der Waals surface area contributed by atoms with Crippen molar-refractivity contribution in [3.63, 3.8) is 0 Å². The van der Waals surface area contributed by atoms with Gasteiger partial charge < -0.3 is 15.1 Å². The van der Waals surface area contributed by atoms with Crippen molar-refractivity contribution in [2.45, 2.75) is 26.2 Å². The summed E-state index contributed by atoms with van der Waals surface area (Å²) in [4.78, 5) is 23.1. The van der Waals surface area contributed by atoms with Crippen LogP contribution in [0.4, 0.5) is 5.69 Å². The van der Waals surface area contributed by atoms with Gasteiger partial charge >= 0.3 is 11.9 Å². The van der Waals surface area contributed by atoms with Gasteiger partial charge in [-0.3, -0.25) is 9.59 Å². The van der Waals surface area contributed by atoms with E-state index in [9.17, 15) is 9.59 Å². The van der Waals surface area contributed by atoms with Crippen molar-refractivity contribution in [2.24, 2.45) is 0 Å². The normalized spacial score (nSPS) is 10.2. The zero-order chi connectivity index (χ0) is 14.3. The average molecular weight is 265 g/mol. The third-order valence-electron chi connectivity index (χ3n) is 2.81. The lowest BCUT2D eigenvalue weighted by Gasteiger charge is -2.24. The first-order valence-electron chi connectivity index (χ1n) is 6.24. The van der Waals surface area contributed by atoms with Crippen LogP contribution in [-0.2, 0) is 9.59 Å². The van der Waals surface area contributed by atoms with Gasteiger partial charge in [0, 0.05) is 25.2 Å². The molecule has 1 rings (SSSR count). The number of hydrogen-bond donors (Lipinski definition) is 2. The Morgan fingerprint density at radius 2 is 1.58 bits per heavy atom. The molecular weight excluding hydrogens is 246 g/mol. The molecule has 0 fully saturated rings. The van der Waals surface area contributed by atoms with Gasteiger partial charge in [0.25, 0.3) is 0 Å². The van der Waals surface area contributed by atoms with Gasteiger partial charge in [0.2, 0.25) is 0 Å². The Morgan fingerprint density at radius 1 is 1.00 bits per heavy atom. The Morgan fingerprint density at radius 3 is 2.11 bits per heavy atom. The fraction of sp³-hybridized carbons (Fsp3) is 0.429. The topological polar surface area (TPSA) is 77.8 Å². The molecule has 0 saturated carbocycles. The molecule has 0 atom stereocenters. The number of aryl methyl sites for hydroxylation is 1. The smallest absolute Gasteiger partial charge is 0.305 e. The van der Waals surface area contributed by atoms with E-state index in [0.717, 1.165) is 11.3 Å². The minimum Gasteiger partial charge on any atom is -0.481 e. The van der Waals surface area contributed by atoms with Crippen molar-refractivity contribution in [2.75, 3.05) is 18.0 Å². The highest BCUT2D eigenvalue weighted by atomic mass is 16.4. The lowest BCUT2D eigenvalue weighted by atomic mass is 10.2. The number of rotatable bonds is 8.